The molecule has 1 heterocycles. The van der Waals surface area contributed by atoms with Gasteiger partial charge in [-0.1, -0.05) is 20.3 Å². The molecule has 2 atom stereocenters. The van der Waals surface area contributed by atoms with Crippen molar-refractivity contribution in [2.75, 3.05) is 31.1 Å². The highest BCUT2D eigenvalue weighted by atomic mass is 32.2. The molecule has 1 rings (SSSR count). The van der Waals surface area contributed by atoms with Gasteiger partial charge in [0.25, 0.3) is 0 Å². The summed E-state index contributed by atoms with van der Waals surface area (Å²) in [6.07, 6.45) is 3.96. The highest BCUT2D eigenvalue weighted by Crippen LogP contribution is 2.28. The Balaban J connectivity index is 2.44. The Hall–Kier alpha value is 0.270. The summed E-state index contributed by atoms with van der Waals surface area (Å²) in [6.45, 7) is 7.75. The van der Waals surface area contributed by atoms with Crippen LogP contribution < -0.4 is 5.73 Å². The number of hydrogen-bond acceptors (Lipinski definition) is 3. The fourth-order valence-electron chi connectivity index (χ4n) is 2.42. The number of hydrogen-bond donors (Lipinski definition) is 1. The standard InChI is InChI=1S/C12H26N2S/c1-3-5-7-14(4-2)12(9-13)11-6-8-15-10-11/h11-12H,3-10,13H2,1-2H3. The Bertz CT molecular complexity index is 158. The van der Waals surface area contributed by atoms with Gasteiger partial charge in [0.05, 0.1) is 0 Å². The van der Waals surface area contributed by atoms with Gasteiger partial charge in [0.15, 0.2) is 0 Å². The Morgan fingerprint density at radius 3 is 2.73 bits per heavy atom. The molecule has 0 aliphatic carbocycles. The van der Waals surface area contributed by atoms with Crippen molar-refractivity contribution in [2.24, 2.45) is 11.7 Å². The van der Waals surface area contributed by atoms with Crippen LogP contribution in [-0.4, -0.2) is 42.1 Å². The fraction of sp³-hybridized carbons (Fsp3) is 1.00. The summed E-state index contributed by atoms with van der Waals surface area (Å²) in [6, 6.07) is 0.636. The molecule has 0 bridgehead atoms. The van der Waals surface area contributed by atoms with Crippen molar-refractivity contribution in [2.45, 2.75) is 39.2 Å². The molecule has 1 aliphatic rings. The molecule has 0 aromatic rings. The van der Waals surface area contributed by atoms with E-state index >= 15 is 0 Å². The minimum absolute atomic E-state index is 0.636. The van der Waals surface area contributed by atoms with Crippen LogP contribution in [0.2, 0.25) is 0 Å². The van der Waals surface area contributed by atoms with E-state index in [4.69, 9.17) is 5.73 Å². The molecule has 1 aliphatic heterocycles. The second-order valence-corrected chi connectivity index (χ2v) is 5.56. The SMILES string of the molecule is CCCCN(CC)C(CN)C1CCSC1. The largest absolute Gasteiger partial charge is 0.329 e. The molecule has 0 aromatic carbocycles. The summed E-state index contributed by atoms with van der Waals surface area (Å²) < 4.78 is 0. The van der Waals surface area contributed by atoms with E-state index in [2.05, 4.69) is 30.5 Å². The molecule has 3 heteroatoms. The zero-order chi connectivity index (χ0) is 11.1. The van der Waals surface area contributed by atoms with Crippen LogP contribution in [-0.2, 0) is 0 Å². The van der Waals surface area contributed by atoms with Crippen molar-refractivity contribution in [3.05, 3.63) is 0 Å². The number of thioether (sulfide) groups is 1. The molecule has 0 aromatic heterocycles. The highest BCUT2D eigenvalue weighted by Gasteiger charge is 2.27. The highest BCUT2D eigenvalue weighted by molar-refractivity contribution is 7.99. The van der Waals surface area contributed by atoms with E-state index in [1.54, 1.807) is 0 Å². The molecule has 0 amide bonds. The molecule has 2 nitrogen and oxygen atoms in total. The monoisotopic (exact) mass is 230 g/mol. The van der Waals surface area contributed by atoms with Crippen molar-refractivity contribution < 1.29 is 0 Å². The van der Waals surface area contributed by atoms with E-state index in [9.17, 15) is 0 Å². The maximum absolute atomic E-state index is 5.95. The van der Waals surface area contributed by atoms with Gasteiger partial charge in [-0.25, -0.2) is 0 Å². The van der Waals surface area contributed by atoms with E-state index in [1.165, 1.54) is 37.3 Å². The Kier molecular flexibility index (Phi) is 6.69. The third-order valence-electron chi connectivity index (χ3n) is 3.42. The van der Waals surface area contributed by atoms with Crippen molar-refractivity contribution in [1.29, 1.82) is 0 Å². The topological polar surface area (TPSA) is 29.3 Å². The lowest BCUT2D eigenvalue weighted by Crippen LogP contribution is -2.46. The van der Waals surface area contributed by atoms with Crippen molar-refractivity contribution in [3.8, 4) is 0 Å². The predicted molar refractivity (Wildman–Crippen MR) is 70.4 cm³/mol. The van der Waals surface area contributed by atoms with Gasteiger partial charge in [0.2, 0.25) is 0 Å². The van der Waals surface area contributed by atoms with Gasteiger partial charge in [0.1, 0.15) is 0 Å². The van der Waals surface area contributed by atoms with Gasteiger partial charge < -0.3 is 5.73 Å². The first kappa shape index (κ1) is 13.3. The van der Waals surface area contributed by atoms with E-state index in [-0.39, 0.29) is 0 Å². The minimum Gasteiger partial charge on any atom is -0.329 e. The van der Waals surface area contributed by atoms with E-state index in [1.807, 2.05) is 0 Å². The van der Waals surface area contributed by atoms with Gasteiger partial charge in [-0.3, -0.25) is 4.90 Å². The lowest BCUT2D eigenvalue weighted by atomic mass is 9.97. The molecular formula is C12H26N2S. The van der Waals surface area contributed by atoms with Gasteiger partial charge in [-0.2, -0.15) is 11.8 Å². The molecule has 2 unspecified atom stereocenters. The van der Waals surface area contributed by atoms with E-state index in [0.29, 0.717) is 6.04 Å². The van der Waals surface area contributed by atoms with Gasteiger partial charge in [0, 0.05) is 12.6 Å². The lowest BCUT2D eigenvalue weighted by Gasteiger charge is -2.33. The lowest BCUT2D eigenvalue weighted by molar-refractivity contribution is 0.160. The summed E-state index contributed by atoms with van der Waals surface area (Å²) in [7, 11) is 0. The summed E-state index contributed by atoms with van der Waals surface area (Å²) in [5.41, 5.74) is 5.95. The normalized spacial score (nSPS) is 23.6. The van der Waals surface area contributed by atoms with Crippen molar-refractivity contribution in [3.63, 3.8) is 0 Å². The van der Waals surface area contributed by atoms with Gasteiger partial charge >= 0.3 is 0 Å². The first-order chi connectivity index (χ1) is 7.33. The fourth-order valence-corrected chi connectivity index (χ4v) is 3.74. The number of unbranched alkanes of at least 4 members (excludes halogenated alkanes) is 1. The third kappa shape index (κ3) is 3.97. The van der Waals surface area contributed by atoms with Gasteiger partial charge in [-0.05, 0) is 43.4 Å². The summed E-state index contributed by atoms with van der Waals surface area (Å²) in [4.78, 5) is 2.60. The zero-order valence-electron chi connectivity index (χ0n) is 10.2. The molecule has 1 fully saturated rings. The quantitative estimate of drug-likeness (QED) is 0.727. The molecule has 1 saturated heterocycles. The number of likely N-dealkylation sites (N-methyl/N-ethyl adjacent to an activating group) is 1. The second kappa shape index (κ2) is 7.53. The first-order valence-electron chi connectivity index (χ1n) is 6.35. The minimum atomic E-state index is 0.636. The Labute approximate surface area is 99.0 Å². The zero-order valence-corrected chi connectivity index (χ0v) is 11.1. The Morgan fingerprint density at radius 1 is 1.47 bits per heavy atom. The van der Waals surface area contributed by atoms with Crippen molar-refractivity contribution in [1.82, 2.24) is 4.90 Å². The van der Waals surface area contributed by atoms with Gasteiger partial charge in [-0.15, -0.1) is 0 Å². The van der Waals surface area contributed by atoms with Crippen LogP contribution >= 0.6 is 11.8 Å². The van der Waals surface area contributed by atoms with Crippen LogP contribution in [0.25, 0.3) is 0 Å². The number of nitrogens with zero attached hydrogens (tertiary/aromatic N) is 1. The summed E-state index contributed by atoms with van der Waals surface area (Å²) in [5.74, 6) is 3.51. The molecular weight excluding hydrogens is 204 g/mol. The maximum Gasteiger partial charge on any atom is 0.0254 e. The van der Waals surface area contributed by atoms with Crippen LogP contribution in [0.5, 0.6) is 0 Å². The number of rotatable bonds is 7. The second-order valence-electron chi connectivity index (χ2n) is 4.41. The predicted octanol–water partition coefficient (Wildman–Crippen LogP) is 2.19. The van der Waals surface area contributed by atoms with Crippen LogP contribution in [0.1, 0.15) is 33.1 Å². The molecule has 15 heavy (non-hydrogen) atoms. The van der Waals surface area contributed by atoms with Crippen molar-refractivity contribution >= 4 is 11.8 Å². The van der Waals surface area contributed by atoms with Crippen LogP contribution in [0, 0.1) is 5.92 Å². The first-order valence-corrected chi connectivity index (χ1v) is 7.50. The van der Waals surface area contributed by atoms with E-state index in [0.717, 1.165) is 19.0 Å². The molecule has 0 radical (unpaired) electrons. The molecule has 0 saturated carbocycles. The molecule has 0 spiro atoms. The third-order valence-corrected chi connectivity index (χ3v) is 4.61. The molecule has 2 N–H and O–H groups in total. The van der Waals surface area contributed by atoms with E-state index < -0.39 is 0 Å². The maximum atomic E-state index is 5.95. The summed E-state index contributed by atoms with van der Waals surface area (Å²) in [5, 5.41) is 0. The Morgan fingerprint density at radius 2 is 2.27 bits per heavy atom. The average molecular weight is 230 g/mol. The smallest absolute Gasteiger partial charge is 0.0254 e. The number of nitrogens with two attached hydrogens (primary N) is 1. The van der Waals surface area contributed by atoms with Crippen LogP contribution in [0.3, 0.4) is 0 Å². The van der Waals surface area contributed by atoms with Crippen LogP contribution in [0.4, 0.5) is 0 Å². The summed E-state index contributed by atoms with van der Waals surface area (Å²) >= 11 is 2.10. The molecule has 90 valence electrons. The average Bonchev–Trinajstić information content (AvgIpc) is 2.77. The van der Waals surface area contributed by atoms with Crippen LogP contribution in [0.15, 0.2) is 0 Å².